The minimum atomic E-state index is -0.603. The van der Waals surface area contributed by atoms with Crippen LogP contribution < -0.4 is 10.7 Å². The molecule has 0 radical (unpaired) electrons. The van der Waals surface area contributed by atoms with Crippen molar-refractivity contribution in [3.8, 4) is 11.5 Å². The number of fused-ring (bicyclic) bond motifs is 1. The molecule has 0 aliphatic rings. The van der Waals surface area contributed by atoms with Crippen LogP contribution in [0.4, 0.5) is 4.79 Å². The Bertz CT molecular complexity index is 1110. The summed E-state index contributed by atoms with van der Waals surface area (Å²) >= 11 is 0. The van der Waals surface area contributed by atoms with Crippen LogP contribution in [-0.4, -0.2) is 16.7 Å². The van der Waals surface area contributed by atoms with Gasteiger partial charge in [0.1, 0.15) is 16.9 Å². The zero-order chi connectivity index (χ0) is 21.3. The van der Waals surface area contributed by atoms with Crippen LogP contribution in [0.3, 0.4) is 0 Å². The third-order valence-electron chi connectivity index (χ3n) is 4.49. The quantitative estimate of drug-likeness (QED) is 0.672. The molecule has 1 aromatic carbocycles. The van der Waals surface area contributed by atoms with E-state index in [0.29, 0.717) is 33.6 Å². The first-order chi connectivity index (χ1) is 13.6. The summed E-state index contributed by atoms with van der Waals surface area (Å²) in [6, 6.07) is 8.74. The summed E-state index contributed by atoms with van der Waals surface area (Å²) in [5.41, 5.74) is 2.43. The number of amides is 1. The van der Waals surface area contributed by atoms with Crippen LogP contribution in [0.25, 0.3) is 22.4 Å². The van der Waals surface area contributed by atoms with Crippen LogP contribution in [0.15, 0.2) is 45.7 Å². The van der Waals surface area contributed by atoms with Gasteiger partial charge in [0, 0.05) is 17.3 Å². The number of hydrogen-bond acceptors (Lipinski definition) is 5. The third-order valence-corrected chi connectivity index (χ3v) is 4.49. The predicted octanol–water partition coefficient (Wildman–Crippen LogP) is 5.06. The predicted molar refractivity (Wildman–Crippen MR) is 113 cm³/mol. The molecule has 29 heavy (non-hydrogen) atoms. The standard InChI is InChI=1S/C23H26N2O4/c1-13-11-16(15(3)25-22(27)29-23(4,5)6)21-17(12-13)19(26)14(2)20(28-21)18-9-7-8-10-24-18/h7-12,15H,1-6H3,(H,25,27)/t15-/m1/s1. The van der Waals surface area contributed by atoms with Crippen LogP contribution in [-0.2, 0) is 4.74 Å². The van der Waals surface area contributed by atoms with E-state index in [-0.39, 0.29) is 5.43 Å². The van der Waals surface area contributed by atoms with E-state index in [1.54, 1.807) is 52.1 Å². The van der Waals surface area contributed by atoms with Crippen molar-refractivity contribution in [3.05, 3.63) is 63.4 Å². The molecule has 0 saturated carbocycles. The Morgan fingerprint density at radius 3 is 2.55 bits per heavy atom. The average Bonchev–Trinajstić information content (AvgIpc) is 2.63. The molecule has 1 N–H and O–H groups in total. The lowest BCUT2D eigenvalue weighted by atomic mass is 10.00. The van der Waals surface area contributed by atoms with Gasteiger partial charge in [-0.05, 0) is 65.3 Å². The number of carbonyl (C=O) groups excluding carboxylic acids is 1. The zero-order valence-electron chi connectivity index (χ0n) is 17.6. The lowest BCUT2D eigenvalue weighted by molar-refractivity contribution is 0.0508. The second-order valence-electron chi connectivity index (χ2n) is 8.20. The van der Waals surface area contributed by atoms with Gasteiger partial charge in [-0.1, -0.05) is 12.1 Å². The summed E-state index contributed by atoms with van der Waals surface area (Å²) in [6.07, 6.45) is 1.13. The van der Waals surface area contributed by atoms with E-state index in [9.17, 15) is 9.59 Å². The van der Waals surface area contributed by atoms with Crippen molar-refractivity contribution in [2.45, 2.75) is 53.2 Å². The normalized spacial score (nSPS) is 12.6. The van der Waals surface area contributed by atoms with Crippen LogP contribution in [0.1, 0.15) is 50.4 Å². The second kappa shape index (κ2) is 7.70. The van der Waals surface area contributed by atoms with Gasteiger partial charge in [-0.2, -0.15) is 0 Å². The van der Waals surface area contributed by atoms with Gasteiger partial charge in [-0.25, -0.2) is 4.79 Å². The number of hydrogen-bond donors (Lipinski definition) is 1. The Hall–Kier alpha value is -3.15. The fourth-order valence-electron chi connectivity index (χ4n) is 3.19. The zero-order valence-corrected chi connectivity index (χ0v) is 17.6. The van der Waals surface area contributed by atoms with E-state index in [2.05, 4.69) is 10.3 Å². The summed E-state index contributed by atoms with van der Waals surface area (Å²) in [4.78, 5) is 29.6. The monoisotopic (exact) mass is 394 g/mol. The highest BCUT2D eigenvalue weighted by atomic mass is 16.6. The number of rotatable bonds is 3. The number of benzene rings is 1. The molecular formula is C23H26N2O4. The number of aromatic nitrogens is 1. The fraction of sp³-hybridized carbons (Fsp3) is 0.348. The smallest absolute Gasteiger partial charge is 0.408 e. The van der Waals surface area contributed by atoms with Gasteiger partial charge in [-0.3, -0.25) is 9.78 Å². The molecule has 2 aromatic heterocycles. The third kappa shape index (κ3) is 4.47. The number of alkyl carbamates (subject to hydrolysis) is 1. The van der Waals surface area contributed by atoms with Crippen molar-refractivity contribution in [2.24, 2.45) is 0 Å². The van der Waals surface area contributed by atoms with Crippen molar-refractivity contribution >= 4 is 17.1 Å². The molecule has 152 valence electrons. The Kier molecular flexibility index (Phi) is 5.46. The lowest BCUT2D eigenvalue weighted by Crippen LogP contribution is -2.34. The summed E-state index contributed by atoms with van der Waals surface area (Å²) in [7, 11) is 0. The summed E-state index contributed by atoms with van der Waals surface area (Å²) in [6.45, 7) is 10.9. The first kappa shape index (κ1) is 20.6. The summed E-state index contributed by atoms with van der Waals surface area (Å²) in [5, 5.41) is 3.31. The minimum Gasteiger partial charge on any atom is -0.454 e. The van der Waals surface area contributed by atoms with E-state index >= 15 is 0 Å². The Morgan fingerprint density at radius 1 is 1.21 bits per heavy atom. The number of aryl methyl sites for hydroxylation is 1. The first-order valence-electron chi connectivity index (χ1n) is 9.55. The molecule has 3 rings (SSSR count). The summed E-state index contributed by atoms with van der Waals surface area (Å²) in [5.74, 6) is 0.428. The molecule has 1 amide bonds. The van der Waals surface area contributed by atoms with Crippen molar-refractivity contribution < 1.29 is 13.9 Å². The SMILES string of the molecule is Cc1cc([C@@H](C)NC(=O)OC(C)(C)C)c2oc(-c3ccccn3)c(C)c(=O)c2c1. The molecule has 0 fully saturated rings. The average molecular weight is 394 g/mol. The lowest BCUT2D eigenvalue weighted by Gasteiger charge is -2.22. The van der Waals surface area contributed by atoms with Crippen LogP contribution in [0.2, 0.25) is 0 Å². The van der Waals surface area contributed by atoms with E-state index in [1.807, 2.05) is 26.0 Å². The number of ether oxygens (including phenoxy) is 1. The van der Waals surface area contributed by atoms with Crippen molar-refractivity contribution in [1.82, 2.24) is 10.3 Å². The van der Waals surface area contributed by atoms with Gasteiger partial charge in [0.15, 0.2) is 11.2 Å². The van der Waals surface area contributed by atoms with E-state index < -0.39 is 17.7 Å². The molecule has 3 aromatic rings. The molecular weight excluding hydrogens is 368 g/mol. The van der Waals surface area contributed by atoms with Gasteiger partial charge in [-0.15, -0.1) is 0 Å². The Morgan fingerprint density at radius 2 is 1.93 bits per heavy atom. The molecule has 1 atom stereocenters. The summed E-state index contributed by atoms with van der Waals surface area (Å²) < 4.78 is 11.6. The van der Waals surface area contributed by atoms with E-state index in [4.69, 9.17) is 9.15 Å². The molecule has 0 spiro atoms. The maximum atomic E-state index is 13.1. The molecule has 0 bridgehead atoms. The van der Waals surface area contributed by atoms with Crippen molar-refractivity contribution in [2.75, 3.05) is 0 Å². The number of nitrogens with zero attached hydrogens (tertiary/aromatic N) is 1. The van der Waals surface area contributed by atoms with Crippen molar-refractivity contribution in [1.29, 1.82) is 0 Å². The number of carbonyl (C=O) groups is 1. The highest BCUT2D eigenvalue weighted by Gasteiger charge is 2.22. The maximum absolute atomic E-state index is 13.1. The van der Waals surface area contributed by atoms with Gasteiger partial charge in [0.25, 0.3) is 0 Å². The fourth-order valence-corrected chi connectivity index (χ4v) is 3.19. The van der Waals surface area contributed by atoms with Crippen molar-refractivity contribution in [3.63, 3.8) is 0 Å². The number of pyridine rings is 1. The molecule has 6 nitrogen and oxygen atoms in total. The van der Waals surface area contributed by atoms with Crippen LogP contribution in [0.5, 0.6) is 0 Å². The molecule has 0 aliphatic heterocycles. The van der Waals surface area contributed by atoms with Gasteiger partial charge >= 0.3 is 6.09 Å². The van der Waals surface area contributed by atoms with Gasteiger partial charge in [0.05, 0.1) is 11.4 Å². The van der Waals surface area contributed by atoms with Gasteiger partial charge in [0.2, 0.25) is 0 Å². The van der Waals surface area contributed by atoms with Crippen LogP contribution in [0, 0.1) is 13.8 Å². The van der Waals surface area contributed by atoms with Crippen LogP contribution >= 0.6 is 0 Å². The van der Waals surface area contributed by atoms with E-state index in [0.717, 1.165) is 5.56 Å². The maximum Gasteiger partial charge on any atom is 0.408 e. The van der Waals surface area contributed by atoms with E-state index in [1.165, 1.54) is 0 Å². The number of nitrogens with one attached hydrogen (secondary N) is 1. The molecule has 2 heterocycles. The Balaban J connectivity index is 2.13. The molecule has 0 aliphatic carbocycles. The largest absolute Gasteiger partial charge is 0.454 e. The van der Waals surface area contributed by atoms with Gasteiger partial charge < -0.3 is 14.5 Å². The highest BCUT2D eigenvalue weighted by molar-refractivity contribution is 5.84. The first-order valence-corrected chi connectivity index (χ1v) is 9.55. The molecule has 0 saturated heterocycles. The topological polar surface area (TPSA) is 81.4 Å². The molecule has 0 unspecified atom stereocenters. The minimum absolute atomic E-state index is 0.110. The molecule has 6 heteroatoms. The Labute approximate surface area is 169 Å². The highest BCUT2D eigenvalue weighted by Crippen LogP contribution is 2.30. The second-order valence-corrected chi connectivity index (χ2v) is 8.20.